The predicted octanol–water partition coefficient (Wildman–Crippen LogP) is 3.82. The minimum absolute atomic E-state index is 0.0166. The van der Waals surface area contributed by atoms with Gasteiger partial charge in [-0.2, -0.15) is 0 Å². The Labute approximate surface area is 120 Å². The van der Waals surface area contributed by atoms with Gasteiger partial charge in [0, 0.05) is 5.56 Å². The molecule has 3 rings (SSSR count). The number of nitrogens with zero attached hydrogens (tertiary/aromatic N) is 1. The first-order valence-corrected chi connectivity index (χ1v) is 6.47. The van der Waals surface area contributed by atoms with Crippen LogP contribution >= 0.6 is 0 Å². The van der Waals surface area contributed by atoms with Crippen LogP contribution in [0.5, 0.6) is 0 Å². The van der Waals surface area contributed by atoms with Crippen molar-refractivity contribution in [3.63, 3.8) is 0 Å². The molecule has 0 atom stereocenters. The van der Waals surface area contributed by atoms with Gasteiger partial charge in [-0.15, -0.1) is 0 Å². The summed E-state index contributed by atoms with van der Waals surface area (Å²) in [7, 11) is 0. The Bertz CT molecular complexity index is 855. The number of aryl methyl sites for hydroxylation is 1. The highest BCUT2D eigenvalue weighted by Gasteiger charge is 2.11. The maximum Gasteiger partial charge on any atom is 0.339 e. The Morgan fingerprint density at radius 2 is 1.86 bits per heavy atom. The second-order valence-corrected chi connectivity index (χ2v) is 4.72. The average Bonchev–Trinajstić information content (AvgIpc) is 2.47. The number of benzene rings is 2. The van der Waals surface area contributed by atoms with E-state index in [1.54, 1.807) is 12.1 Å². The molecular formula is C17H12FNO2. The van der Waals surface area contributed by atoms with Crippen molar-refractivity contribution in [2.45, 2.75) is 6.92 Å². The highest BCUT2D eigenvalue weighted by Crippen LogP contribution is 2.23. The van der Waals surface area contributed by atoms with Crippen LogP contribution < -0.4 is 5.63 Å². The first-order chi connectivity index (χ1) is 10.1. The summed E-state index contributed by atoms with van der Waals surface area (Å²) in [5, 5.41) is 0. The van der Waals surface area contributed by atoms with Gasteiger partial charge in [0.1, 0.15) is 5.82 Å². The van der Waals surface area contributed by atoms with Crippen molar-refractivity contribution in [2.75, 3.05) is 0 Å². The molecular weight excluding hydrogens is 269 g/mol. The zero-order valence-electron chi connectivity index (χ0n) is 11.3. The zero-order valence-corrected chi connectivity index (χ0v) is 11.3. The molecule has 0 saturated heterocycles. The van der Waals surface area contributed by atoms with Gasteiger partial charge in [-0.05, 0) is 25.1 Å². The lowest BCUT2D eigenvalue weighted by atomic mass is 10.1. The topological polar surface area (TPSA) is 43.1 Å². The van der Waals surface area contributed by atoms with E-state index in [4.69, 9.17) is 4.42 Å². The third-order valence-corrected chi connectivity index (χ3v) is 3.09. The fourth-order valence-electron chi connectivity index (χ4n) is 2.10. The van der Waals surface area contributed by atoms with Crippen LogP contribution in [0.25, 0.3) is 22.7 Å². The van der Waals surface area contributed by atoms with Gasteiger partial charge in [0.05, 0.1) is 17.3 Å². The summed E-state index contributed by atoms with van der Waals surface area (Å²) in [5.41, 5.74) is 1.92. The highest BCUT2D eigenvalue weighted by atomic mass is 19.1. The highest BCUT2D eigenvalue weighted by molar-refractivity contribution is 5.63. The monoisotopic (exact) mass is 281 g/mol. The summed E-state index contributed by atoms with van der Waals surface area (Å²) in [4.78, 5) is 16.0. The Balaban J connectivity index is 2.18. The standard InChI is InChI=1S/C17H12FNO2/c1-11-5-4-6-12(9-11)15-10-16(20)21-17(19-15)13-7-2-3-8-14(13)18/h2-10H,1H3. The number of rotatable bonds is 2. The normalized spacial score (nSPS) is 10.6. The van der Waals surface area contributed by atoms with Gasteiger partial charge in [0.15, 0.2) is 0 Å². The van der Waals surface area contributed by atoms with E-state index in [1.165, 1.54) is 18.2 Å². The van der Waals surface area contributed by atoms with E-state index < -0.39 is 11.4 Å². The molecule has 1 aromatic heterocycles. The van der Waals surface area contributed by atoms with Crippen molar-refractivity contribution in [3.8, 4) is 22.7 Å². The number of halogens is 1. The molecule has 0 spiro atoms. The summed E-state index contributed by atoms with van der Waals surface area (Å²) in [6, 6.07) is 15.0. The van der Waals surface area contributed by atoms with Gasteiger partial charge in [-0.3, -0.25) is 0 Å². The maximum absolute atomic E-state index is 13.8. The molecule has 0 aliphatic rings. The maximum atomic E-state index is 13.8. The van der Waals surface area contributed by atoms with E-state index in [2.05, 4.69) is 4.98 Å². The van der Waals surface area contributed by atoms with Gasteiger partial charge in [0.2, 0.25) is 5.89 Å². The van der Waals surface area contributed by atoms with Crippen molar-refractivity contribution in [1.82, 2.24) is 4.98 Å². The quantitative estimate of drug-likeness (QED) is 0.717. The third-order valence-electron chi connectivity index (χ3n) is 3.09. The van der Waals surface area contributed by atoms with Crippen molar-refractivity contribution in [2.24, 2.45) is 0 Å². The zero-order chi connectivity index (χ0) is 14.8. The molecule has 21 heavy (non-hydrogen) atoms. The lowest BCUT2D eigenvalue weighted by molar-refractivity contribution is 0.502. The second-order valence-electron chi connectivity index (χ2n) is 4.72. The lowest BCUT2D eigenvalue weighted by Gasteiger charge is -2.05. The van der Waals surface area contributed by atoms with Crippen molar-refractivity contribution < 1.29 is 8.81 Å². The molecule has 1 heterocycles. The first-order valence-electron chi connectivity index (χ1n) is 6.47. The summed E-state index contributed by atoms with van der Waals surface area (Å²) in [6.45, 7) is 1.95. The van der Waals surface area contributed by atoms with Gasteiger partial charge in [0.25, 0.3) is 0 Å². The van der Waals surface area contributed by atoms with Crippen molar-refractivity contribution >= 4 is 0 Å². The summed E-state index contributed by atoms with van der Waals surface area (Å²) in [6.07, 6.45) is 0. The predicted molar refractivity (Wildman–Crippen MR) is 78.3 cm³/mol. The van der Waals surface area contributed by atoms with E-state index in [9.17, 15) is 9.18 Å². The molecule has 2 aromatic carbocycles. The van der Waals surface area contributed by atoms with Crippen LogP contribution in [0.4, 0.5) is 4.39 Å². The van der Waals surface area contributed by atoms with E-state index in [0.29, 0.717) is 5.69 Å². The fourth-order valence-corrected chi connectivity index (χ4v) is 2.10. The number of aromatic nitrogens is 1. The van der Waals surface area contributed by atoms with Gasteiger partial charge >= 0.3 is 5.63 Å². The van der Waals surface area contributed by atoms with E-state index in [1.807, 2.05) is 31.2 Å². The molecule has 104 valence electrons. The Hall–Kier alpha value is -2.75. The van der Waals surface area contributed by atoms with Gasteiger partial charge in [-0.25, -0.2) is 14.2 Å². The molecule has 0 unspecified atom stereocenters. The minimum atomic E-state index is -0.556. The van der Waals surface area contributed by atoms with Crippen LogP contribution in [0, 0.1) is 12.7 Å². The molecule has 0 aliphatic carbocycles. The Morgan fingerprint density at radius 1 is 1.05 bits per heavy atom. The molecule has 4 heteroatoms. The van der Waals surface area contributed by atoms with Crippen LogP contribution in [0.3, 0.4) is 0 Å². The van der Waals surface area contributed by atoms with Gasteiger partial charge < -0.3 is 4.42 Å². The van der Waals surface area contributed by atoms with Crippen LogP contribution in [0.2, 0.25) is 0 Å². The summed E-state index contributed by atoms with van der Waals surface area (Å²) in [5.74, 6) is -0.494. The molecule has 0 bridgehead atoms. The molecule has 0 amide bonds. The largest absolute Gasteiger partial charge is 0.403 e. The van der Waals surface area contributed by atoms with E-state index >= 15 is 0 Å². The Morgan fingerprint density at radius 3 is 2.62 bits per heavy atom. The molecule has 0 saturated carbocycles. The van der Waals surface area contributed by atoms with E-state index in [0.717, 1.165) is 11.1 Å². The Kier molecular flexibility index (Phi) is 3.36. The fraction of sp³-hybridized carbons (Fsp3) is 0.0588. The van der Waals surface area contributed by atoms with Crippen molar-refractivity contribution in [3.05, 3.63) is 76.4 Å². The summed E-state index contributed by atoms with van der Waals surface area (Å²) >= 11 is 0. The third kappa shape index (κ3) is 2.74. The van der Waals surface area contributed by atoms with Crippen molar-refractivity contribution in [1.29, 1.82) is 0 Å². The molecule has 0 N–H and O–H groups in total. The molecule has 3 nitrogen and oxygen atoms in total. The molecule has 0 aliphatic heterocycles. The summed E-state index contributed by atoms with van der Waals surface area (Å²) < 4.78 is 18.8. The van der Waals surface area contributed by atoms with Crippen LogP contribution in [0.15, 0.2) is 63.8 Å². The lowest BCUT2D eigenvalue weighted by Crippen LogP contribution is -2.02. The van der Waals surface area contributed by atoms with Crippen LogP contribution in [-0.2, 0) is 0 Å². The van der Waals surface area contributed by atoms with Gasteiger partial charge in [-0.1, -0.05) is 35.9 Å². The van der Waals surface area contributed by atoms with Crippen LogP contribution in [-0.4, -0.2) is 4.98 Å². The molecule has 0 radical (unpaired) electrons. The first kappa shape index (κ1) is 13.2. The second kappa shape index (κ2) is 5.32. The van der Waals surface area contributed by atoms with Crippen LogP contribution in [0.1, 0.15) is 5.56 Å². The molecule has 3 aromatic rings. The SMILES string of the molecule is Cc1cccc(-c2cc(=O)oc(-c3ccccc3F)n2)c1. The van der Waals surface area contributed by atoms with E-state index in [-0.39, 0.29) is 11.5 Å². The number of hydrogen-bond acceptors (Lipinski definition) is 3. The average molecular weight is 281 g/mol. The minimum Gasteiger partial charge on any atom is -0.403 e. The molecule has 0 fully saturated rings. The smallest absolute Gasteiger partial charge is 0.339 e. The number of hydrogen-bond donors (Lipinski definition) is 0.